The Morgan fingerprint density at radius 1 is 1.15 bits per heavy atom. The average molecular weight is 377 g/mol. The van der Waals surface area contributed by atoms with Gasteiger partial charge in [0, 0.05) is 11.8 Å². The summed E-state index contributed by atoms with van der Waals surface area (Å²) in [5.41, 5.74) is 0.406. The number of amides is 1. The Hall–Kier alpha value is -3.30. The minimum atomic E-state index is -4.42. The number of halogens is 3. The van der Waals surface area contributed by atoms with Crippen molar-refractivity contribution in [1.29, 1.82) is 0 Å². The van der Waals surface area contributed by atoms with Crippen molar-refractivity contribution in [3.63, 3.8) is 0 Å². The van der Waals surface area contributed by atoms with E-state index >= 15 is 0 Å². The van der Waals surface area contributed by atoms with Gasteiger partial charge in [0.1, 0.15) is 11.7 Å². The van der Waals surface area contributed by atoms with Crippen LogP contribution in [0.15, 0.2) is 41.2 Å². The molecule has 3 aromatic rings. The molecule has 0 bridgehead atoms. The van der Waals surface area contributed by atoms with Crippen molar-refractivity contribution >= 4 is 5.91 Å². The number of hydrogen-bond donors (Lipinski definition) is 1. The molecule has 0 unspecified atom stereocenters. The standard InChI is InChI=1S/C17H14F3N5O2/c1-9-7-22-13(8-21-9)15(26)23-10(2)16-24-14(25-27-16)11-3-5-12(6-4-11)17(18,19)20/h3-8,10H,1-2H3,(H,23,26)/t10-/m0/s1. The van der Waals surface area contributed by atoms with Crippen molar-refractivity contribution in [3.8, 4) is 11.4 Å². The van der Waals surface area contributed by atoms with Crippen LogP contribution in [0, 0.1) is 6.92 Å². The number of aryl methyl sites for hydroxylation is 1. The molecule has 0 spiro atoms. The van der Waals surface area contributed by atoms with Crippen LogP contribution in [0.1, 0.15) is 40.6 Å². The Morgan fingerprint density at radius 3 is 2.44 bits per heavy atom. The number of alkyl halides is 3. The van der Waals surface area contributed by atoms with Crippen molar-refractivity contribution in [3.05, 3.63) is 59.5 Å². The predicted octanol–water partition coefficient (Wildman–Crippen LogP) is 3.34. The maximum Gasteiger partial charge on any atom is 0.416 e. The van der Waals surface area contributed by atoms with Crippen molar-refractivity contribution in [1.82, 2.24) is 25.4 Å². The zero-order valence-electron chi connectivity index (χ0n) is 14.3. The van der Waals surface area contributed by atoms with E-state index in [4.69, 9.17) is 4.52 Å². The molecule has 0 aliphatic heterocycles. The molecule has 1 atom stereocenters. The molecule has 3 rings (SSSR count). The fourth-order valence-electron chi connectivity index (χ4n) is 2.18. The molecule has 2 heterocycles. The molecule has 1 N–H and O–H groups in total. The number of benzene rings is 1. The summed E-state index contributed by atoms with van der Waals surface area (Å²) in [6.45, 7) is 3.38. The van der Waals surface area contributed by atoms with Gasteiger partial charge in [0.15, 0.2) is 0 Å². The minimum Gasteiger partial charge on any atom is -0.339 e. The largest absolute Gasteiger partial charge is 0.416 e. The molecule has 0 aliphatic rings. The minimum absolute atomic E-state index is 0.110. The van der Waals surface area contributed by atoms with E-state index in [-0.39, 0.29) is 17.4 Å². The molecule has 10 heteroatoms. The van der Waals surface area contributed by atoms with E-state index in [1.54, 1.807) is 13.8 Å². The highest BCUT2D eigenvalue weighted by Gasteiger charge is 2.30. The molecule has 140 valence electrons. The Kier molecular flexibility index (Phi) is 4.89. The molecule has 0 radical (unpaired) electrons. The van der Waals surface area contributed by atoms with Gasteiger partial charge in [-0.3, -0.25) is 9.78 Å². The quantitative estimate of drug-likeness (QED) is 0.749. The van der Waals surface area contributed by atoms with Crippen LogP contribution in [0.25, 0.3) is 11.4 Å². The average Bonchev–Trinajstić information content (AvgIpc) is 3.12. The summed E-state index contributed by atoms with van der Waals surface area (Å²) in [5.74, 6) is -0.238. The molecule has 7 nitrogen and oxygen atoms in total. The molecule has 0 fully saturated rings. The Labute approximate surface area is 151 Å². The molecule has 1 aromatic carbocycles. The smallest absolute Gasteiger partial charge is 0.339 e. The van der Waals surface area contributed by atoms with Crippen molar-refractivity contribution in [2.45, 2.75) is 26.1 Å². The third-order valence-corrected chi connectivity index (χ3v) is 3.64. The summed E-state index contributed by atoms with van der Waals surface area (Å²) in [6, 6.07) is 3.75. The van der Waals surface area contributed by atoms with Gasteiger partial charge in [0.05, 0.1) is 17.5 Å². The summed E-state index contributed by atoms with van der Waals surface area (Å²) in [5, 5.41) is 6.38. The van der Waals surface area contributed by atoms with E-state index in [9.17, 15) is 18.0 Å². The number of carbonyl (C=O) groups excluding carboxylic acids is 1. The molecule has 0 saturated carbocycles. The summed E-state index contributed by atoms with van der Waals surface area (Å²) in [6.07, 6.45) is -1.60. The Morgan fingerprint density at radius 2 is 1.85 bits per heavy atom. The van der Waals surface area contributed by atoms with Crippen LogP contribution in [-0.4, -0.2) is 26.0 Å². The van der Waals surface area contributed by atoms with Crippen molar-refractivity contribution < 1.29 is 22.5 Å². The van der Waals surface area contributed by atoms with E-state index in [1.807, 2.05) is 0 Å². The number of hydrogen-bond acceptors (Lipinski definition) is 6. The van der Waals surface area contributed by atoms with Crippen LogP contribution in [0.5, 0.6) is 0 Å². The Bertz CT molecular complexity index is 936. The van der Waals surface area contributed by atoms with E-state index in [0.717, 1.165) is 12.1 Å². The topological polar surface area (TPSA) is 93.8 Å². The van der Waals surface area contributed by atoms with Crippen molar-refractivity contribution in [2.24, 2.45) is 0 Å². The highest BCUT2D eigenvalue weighted by atomic mass is 19.4. The fourth-order valence-corrected chi connectivity index (χ4v) is 2.18. The first-order chi connectivity index (χ1) is 12.7. The van der Waals surface area contributed by atoms with E-state index in [0.29, 0.717) is 11.3 Å². The van der Waals surface area contributed by atoms with Gasteiger partial charge in [-0.1, -0.05) is 17.3 Å². The van der Waals surface area contributed by atoms with E-state index in [1.165, 1.54) is 24.5 Å². The summed E-state index contributed by atoms with van der Waals surface area (Å²) in [7, 11) is 0. The lowest BCUT2D eigenvalue weighted by molar-refractivity contribution is -0.137. The highest BCUT2D eigenvalue weighted by molar-refractivity contribution is 5.92. The van der Waals surface area contributed by atoms with Crippen molar-refractivity contribution in [2.75, 3.05) is 0 Å². The third kappa shape index (κ3) is 4.27. The first-order valence-electron chi connectivity index (χ1n) is 7.85. The lowest BCUT2D eigenvalue weighted by Gasteiger charge is -2.08. The van der Waals surface area contributed by atoms with Crippen LogP contribution < -0.4 is 5.32 Å². The van der Waals surface area contributed by atoms with Crippen LogP contribution in [0.4, 0.5) is 13.2 Å². The number of nitrogens with one attached hydrogen (secondary N) is 1. The second-order valence-corrected chi connectivity index (χ2v) is 5.77. The van der Waals surface area contributed by atoms with Gasteiger partial charge in [0.25, 0.3) is 5.91 Å². The second-order valence-electron chi connectivity index (χ2n) is 5.77. The third-order valence-electron chi connectivity index (χ3n) is 3.64. The molecular weight excluding hydrogens is 363 g/mol. The summed E-state index contributed by atoms with van der Waals surface area (Å²) >= 11 is 0. The molecule has 0 aliphatic carbocycles. The van der Waals surface area contributed by atoms with Gasteiger partial charge in [-0.15, -0.1) is 0 Å². The van der Waals surface area contributed by atoms with Crippen LogP contribution in [-0.2, 0) is 6.18 Å². The SMILES string of the molecule is Cc1cnc(C(=O)N[C@@H](C)c2nc(-c3ccc(C(F)(F)F)cc3)no2)cn1. The number of aromatic nitrogens is 4. The van der Waals surface area contributed by atoms with Gasteiger partial charge >= 0.3 is 6.18 Å². The highest BCUT2D eigenvalue weighted by Crippen LogP contribution is 2.30. The first-order valence-corrected chi connectivity index (χ1v) is 7.85. The van der Waals surface area contributed by atoms with Crippen LogP contribution in [0.3, 0.4) is 0 Å². The zero-order valence-corrected chi connectivity index (χ0v) is 14.3. The maximum atomic E-state index is 12.6. The van der Waals surface area contributed by atoms with Crippen LogP contribution >= 0.6 is 0 Å². The number of nitrogens with zero attached hydrogens (tertiary/aromatic N) is 4. The molecule has 2 aromatic heterocycles. The first kappa shape index (κ1) is 18.5. The maximum absolute atomic E-state index is 12.6. The summed E-state index contributed by atoms with van der Waals surface area (Å²) < 4.78 is 42.9. The zero-order chi connectivity index (χ0) is 19.6. The molecule has 27 heavy (non-hydrogen) atoms. The second kappa shape index (κ2) is 7.14. The lowest BCUT2D eigenvalue weighted by Crippen LogP contribution is -2.27. The van der Waals surface area contributed by atoms with E-state index < -0.39 is 23.7 Å². The normalized spacial score (nSPS) is 12.6. The number of rotatable bonds is 4. The molecular formula is C17H14F3N5O2. The lowest BCUT2D eigenvalue weighted by atomic mass is 10.1. The molecule has 0 saturated heterocycles. The van der Waals surface area contributed by atoms with Crippen LogP contribution in [0.2, 0.25) is 0 Å². The van der Waals surface area contributed by atoms with Gasteiger partial charge in [-0.25, -0.2) is 4.98 Å². The Balaban J connectivity index is 1.71. The van der Waals surface area contributed by atoms with Gasteiger partial charge < -0.3 is 9.84 Å². The summed E-state index contributed by atoms with van der Waals surface area (Å²) in [4.78, 5) is 24.2. The predicted molar refractivity (Wildman–Crippen MR) is 87.4 cm³/mol. The monoisotopic (exact) mass is 377 g/mol. The van der Waals surface area contributed by atoms with Gasteiger partial charge in [-0.2, -0.15) is 18.2 Å². The fraction of sp³-hybridized carbons (Fsp3) is 0.235. The van der Waals surface area contributed by atoms with E-state index in [2.05, 4.69) is 25.4 Å². The number of carbonyl (C=O) groups is 1. The molecule has 1 amide bonds. The van der Waals surface area contributed by atoms with Gasteiger partial charge in [0.2, 0.25) is 11.7 Å². The van der Waals surface area contributed by atoms with Gasteiger partial charge in [-0.05, 0) is 26.0 Å².